The van der Waals surface area contributed by atoms with E-state index >= 15 is 0 Å². The third-order valence-electron chi connectivity index (χ3n) is 6.99. The molecule has 3 aliphatic rings. The number of nitrogens with zero attached hydrogens (tertiary/aromatic N) is 1. The Morgan fingerprint density at radius 2 is 1.91 bits per heavy atom. The predicted octanol–water partition coefficient (Wildman–Crippen LogP) is 5.47. The van der Waals surface area contributed by atoms with E-state index in [2.05, 4.69) is 35.1 Å². The molecule has 2 heterocycles. The summed E-state index contributed by atoms with van der Waals surface area (Å²) in [6, 6.07) is 3.89. The van der Waals surface area contributed by atoms with Crippen molar-refractivity contribution < 1.29 is 19.1 Å². The van der Waals surface area contributed by atoms with Gasteiger partial charge in [0.05, 0.1) is 18.2 Å². The number of carbonyl (C=O) groups is 2. The van der Waals surface area contributed by atoms with Crippen molar-refractivity contribution in [3.05, 3.63) is 44.7 Å². The average molecular weight is 531 g/mol. The highest BCUT2D eigenvalue weighted by molar-refractivity contribution is 9.10. The van der Waals surface area contributed by atoms with Gasteiger partial charge in [0.15, 0.2) is 17.3 Å². The number of ether oxygens (including phenoxy) is 2. The number of likely N-dealkylation sites (tertiary alicyclic amines) is 1. The average Bonchev–Trinajstić information content (AvgIpc) is 2.78. The van der Waals surface area contributed by atoms with Crippen LogP contribution in [0, 0.1) is 5.41 Å². The number of halogens is 1. The minimum Gasteiger partial charge on any atom is -0.493 e. The molecule has 7 heteroatoms. The Morgan fingerprint density at radius 3 is 2.56 bits per heavy atom. The SMILES string of the molecule is CCOc1c(Br)cc([C@@H]2C(C(=O)N3CCCCC3)=C(C)NC3=C2C(=O)CC(C)(C)C3)cc1OC. The van der Waals surface area contributed by atoms with Crippen molar-refractivity contribution in [2.45, 2.75) is 65.7 Å². The molecule has 1 aromatic carbocycles. The molecule has 0 aromatic heterocycles. The van der Waals surface area contributed by atoms with Crippen molar-refractivity contribution in [1.29, 1.82) is 0 Å². The first-order chi connectivity index (χ1) is 16.2. The number of rotatable bonds is 5. The predicted molar refractivity (Wildman–Crippen MR) is 136 cm³/mol. The Morgan fingerprint density at radius 1 is 1.21 bits per heavy atom. The Labute approximate surface area is 210 Å². The van der Waals surface area contributed by atoms with Crippen molar-refractivity contribution >= 4 is 27.6 Å². The lowest BCUT2D eigenvalue weighted by atomic mass is 9.68. The summed E-state index contributed by atoms with van der Waals surface area (Å²) in [6.45, 7) is 10.1. The van der Waals surface area contributed by atoms with Gasteiger partial charge in [-0.15, -0.1) is 0 Å². The zero-order valence-corrected chi connectivity index (χ0v) is 22.4. The minimum absolute atomic E-state index is 0.0165. The van der Waals surface area contributed by atoms with E-state index in [4.69, 9.17) is 9.47 Å². The Hall–Kier alpha value is -2.28. The number of benzene rings is 1. The van der Waals surface area contributed by atoms with Crippen LogP contribution >= 0.6 is 15.9 Å². The maximum absolute atomic E-state index is 13.9. The first-order valence-corrected chi connectivity index (χ1v) is 13.0. The zero-order chi connectivity index (χ0) is 24.6. The van der Waals surface area contributed by atoms with E-state index in [-0.39, 0.29) is 17.1 Å². The smallest absolute Gasteiger partial charge is 0.252 e. The molecule has 2 aliphatic heterocycles. The second-order valence-electron chi connectivity index (χ2n) is 10.2. The lowest BCUT2D eigenvalue weighted by Crippen LogP contribution is -2.43. The highest BCUT2D eigenvalue weighted by Crippen LogP contribution is 2.49. The van der Waals surface area contributed by atoms with Gasteiger partial charge in [0.2, 0.25) is 0 Å². The van der Waals surface area contributed by atoms with Gasteiger partial charge in [0.1, 0.15) is 0 Å². The van der Waals surface area contributed by atoms with Crippen LogP contribution in [-0.2, 0) is 9.59 Å². The third kappa shape index (κ3) is 4.64. The van der Waals surface area contributed by atoms with E-state index in [0.717, 1.165) is 60.2 Å². The number of nitrogens with one attached hydrogen (secondary N) is 1. The molecular weight excluding hydrogens is 496 g/mol. The number of piperidine rings is 1. The lowest BCUT2D eigenvalue weighted by Gasteiger charge is -2.41. The van der Waals surface area contributed by atoms with Crippen molar-refractivity contribution in [2.75, 3.05) is 26.8 Å². The van der Waals surface area contributed by atoms with Gasteiger partial charge in [-0.3, -0.25) is 9.59 Å². The van der Waals surface area contributed by atoms with Crippen LogP contribution in [0.2, 0.25) is 0 Å². The number of dihydropyridines is 1. The second-order valence-corrected chi connectivity index (χ2v) is 11.1. The summed E-state index contributed by atoms with van der Waals surface area (Å²) in [6.07, 6.45) is 4.40. The third-order valence-corrected chi connectivity index (χ3v) is 7.58. The number of amides is 1. The van der Waals surface area contributed by atoms with Crippen LogP contribution in [0.15, 0.2) is 39.1 Å². The summed E-state index contributed by atoms with van der Waals surface area (Å²) in [5, 5.41) is 3.47. The largest absolute Gasteiger partial charge is 0.493 e. The van der Waals surface area contributed by atoms with Crippen molar-refractivity contribution in [1.82, 2.24) is 10.2 Å². The second kappa shape index (κ2) is 9.76. The summed E-state index contributed by atoms with van der Waals surface area (Å²) < 4.78 is 12.2. The molecule has 0 bridgehead atoms. The van der Waals surface area contributed by atoms with Gasteiger partial charge in [-0.05, 0) is 78.6 Å². The number of methoxy groups -OCH3 is 1. The summed E-state index contributed by atoms with van der Waals surface area (Å²) in [5.74, 6) is 0.873. The van der Waals surface area contributed by atoms with E-state index in [1.165, 1.54) is 0 Å². The van der Waals surface area contributed by atoms with Gasteiger partial charge in [0, 0.05) is 48.0 Å². The summed E-state index contributed by atoms with van der Waals surface area (Å²) in [7, 11) is 1.61. The fourth-order valence-corrected chi connectivity index (χ4v) is 6.09. The van der Waals surface area contributed by atoms with Crippen molar-refractivity contribution in [3.8, 4) is 11.5 Å². The van der Waals surface area contributed by atoms with Crippen LogP contribution in [0.1, 0.15) is 71.3 Å². The van der Waals surface area contributed by atoms with Crippen molar-refractivity contribution in [3.63, 3.8) is 0 Å². The fraction of sp³-hybridized carbons (Fsp3) is 0.556. The Kier molecular flexibility index (Phi) is 7.13. The summed E-state index contributed by atoms with van der Waals surface area (Å²) >= 11 is 3.64. The fourth-order valence-electron chi connectivity index (χ4n) is 5.51. The van der Waals surface area contributed by atoms with Crippen LogP contribution in [0.3, 0.4) is 0 Å². The van der Waals surface area contributed by atoms with E-state index in [9.17, 15) is 9.59 Å². The van der Waals surface area contributed by atoms with E-state index in [1.54, 1.807) is 7.11 Å². The van der Waals surface area contributed by atoms with Crippen molar-refractivity contribution in [2.24, 2.45) is 5.41 Å². The quantitative estimate of drug-likeness (QED) is 0.546. The first-order valence-electron chi connectivity index (χ1n) is 12.2. The molecule has 1 fully saturated rings. The monoisotopic (exact) mass is 530 g/mol. The number of Topliss-reactive ketones (excluding diaryl/α,β-unsaturated/α-hetero) is 1. The normalized spacial score (nSPS) is 22.4. The molecule has 1 atom stereocenters. The standard InChI is InChI=1S/C27H35BrN2O4/c1-6-34-25-18(28)12-17(13-21(25)33-5)23-22(26(32)30-10-8-7-9-11-30)16(2)29-19-14-27(3,4)15-20(31)24(19)23/h12-13,23,29H,6-11,14-15H2,1-5H3/t23-/m1/s1. The van der Waals surface area contributed by atoms with E-state index in [1.807, 2.05) is 30.9 Å². The lowest BCUT2D eigenvalue weighted by molar-refractivity contribution is -0.128. The number of carbonyl (C=O) groups excluding carboxylic acids is 2. The molecule has 6 nitrogen and oxygen atoms in total. The van der Waals surface area contributed by atoms with E-state index in [0.29, 0.717) is 35.7 Å². The first kappa shape index (κ1) is 24.8. The van der Waals surface area contributed by atoms with Gasteiger partial charge in [-0.1, -0.05) is 13.8 Å². The molecule has 0 unspecified atom stereocenters. The highest BCUT2D eigenvalue weighted by Gasteiger charge is 2.44. The van der Waals surface area contributed by atoms with Crippen LogP contribution in [0.25, 0.3) is 0 Å². The van der Waals surface area contributed by atoms with Gasteiger partial charge in [0.25, 0.3) is 5.91 Å². The van der Waals surface area contributed by atoms with Crippen LogP contribution in [0.5, 0.6) is 11.5 Å². The van der Waals surface area contributed by atoms with Crippen LogP contribution < -0.4 is 14.8 Å². The number of ketones is 1. The van der Waals surface area contributed by atoms with Crippen LogP contribution in [0.4, 0.5) is 0 Å². The minimum atomic E-state index is -0.449. The zero-order valence-electron chi connectivity index (χ0n) is 20.8. The van der Waals surface area contributed by atoms with Crippen LogP contribution in [-0.4, -0.2) is 43.4 Å². The molecule has 0 spiro atoms. The molecule has 1 amide bonds. The van der Waals surface area contributed by atoms with Gasteiger partial charge in [-0.25, -0.2) is 0 Å². The topological polar surface area (TPSA) is 67.9 Å². The molecule has 0 saturated carbocycles. The van der Waals surface area contributed by atoms with Gasteiger partial charge in [-0.2, -0.15) is 0 Å². The summed E-state index contributed by atoms with van der Waals surface area (Å²) in [4.78, 5) is 29.4. The summed E-state index contributed by atoms with van der Waals surface area (Å²) in [5.41, 5.74) is 3.86. The maximum Gasteiger partial charge on any atom is 0.252 e. The molecule has 184 valence electrons. The Bertz CT molecular complexity index is 1070. The number of allylic oxidation sites excluding steroid dienone is 3. The molecule has 1 aliphatic carbocycles. The molecule has 1 N–H and O–H groups in total. The maximum atomic E-state index is 13.9. The van der Waals surface area contributed by atoms with Gasteiger partial charge >= 0.3 is 0 Å². The number of hydrogen-bond donors (Lipinski definition) is 1. The molecular formula is C27H35BrN2O4. The highest BCUT2D eigenvalue weighted by atomic mass is 79.9. The molecule has 1 saturated heterocycles. The van der Waals surface area contributed by atoms with Gasteiger partial charge < -0.3 is 19.7 Å². The Balaban J connectivity index is 1.88. The molecule has 1 aromatic rings. The number of hydrogen-bond acceptors (Lipinski definition) is 5. The molecule has 34 heavy (non-hydrogen) atoms. The molecule has 4 rings (SSSR count). The molecule has 0 radical (unpaired) electrons. The van der Waals surface area contributed by atoms with E-state index < -0.39 is 5.92 Å².